The number of aliphatic hydroxyl groups excluding tert-OH is 1. The Bertz CT molecular complexity index is 374. The van der Waals surface area contributed by atoms with Crippen molar-refractivity contribution in [1.82, 2.24) is 20.4 Å². The first-order valence-corrected chi connectivity index (χ1v) is 9.81. The Labute approximate surface area is 147 Å². The molecule has 1 aliphatic carbocycles. The van der Waals surface area contributed by atoms with E-state index in [9.17, 15) is 5.11 Å². The molecule has 1 unspecified atom stereocenters. The van der Waals surface area contributed by atoms with Crippen LogP contribution in [0.25, 0.3) is 0 Å². The molecule has 0 aromatic carbocycles. The van der Waals surface area contributed by atoms with Gasteiger partial charge in [-0.25, -0.2) is 0 Å². The Balaban J connectivity index is 1.79. The number of aliphatic hydroxyl groups is 1. The first-order valence-electron chi connectivity index (χ1n) is 9.81. The number of likely N-dealkylation sites (N-methyl/N-ethyl adjacent to an activating group) is 1. The first-order chi connectivity index (χ1) is 11.6. The van der Waals surface area contributed by atoms with Crippen molar-refractivity contribution in [2.45, 2.75) is 64.6 Å². The molecule has 3 N–H and O–H groups in total. The monoisotopic (exact) mass is 339 g/mol. The molecule has 1 aliphatic heterocycles. The van der Waals surface area contributed by atoms with E-state index >= 15 is 0 Å². The zero-order valence-electron chi connectivity index (χ0n) is 15.8. The smallest absolute Gasteiger partial charge is 0.191 e. The summed E-state index contributed by atoms with van der Waals surface area (Å²) < 4.78 is 0. The van der Waals surface area contributed by atoms with Gasteiger partial charge in [-0.2, -0.15) is 0 Å². The standard InChI is InChI=1S/C18H37N5O/c1-4-19-18(21-16-6-8-17(24)9-7-16)20-14-15(3)23-12-10-22(5-2)11-13-23/h15-17,24H,4-14H2,1-3H3,(H2,19,20,21). The second kappa shape index (κ2) is 10.2. The van der Waals surface area contributed by atoms with Crippen molar-refractivity contribution >= 4 is 5.96 Å². The first kappa shape index (κ1) is 19.5. The van der Waals surface area contributed by atoms with E-state index in [4.69, 9.17) is 4.99 Å². The highest BCUT2D eigenvalue weighted by Crippen LogP contribution is 2.18. The van der Waals surface area contributed by atoms with Crippen LogP contribution in [0.1, 0.15) is 46.5 Å². The van der Waals surface area contributed by atoms with E-state index < -0.39 is 0 Å². The molecule has 140 valence electrons. The summed E-state index contributed by atoms with van der Waals surface area (Å²) in [5, 5.41) is 16.6. The van der Waals surface area contributed by atoms with Crippen LogP contribution in [0.3, 0.4) is 0 Å². The van der Waals surface area contributed by atoms with Gasteiger partial charge in [0.2, 0.25) is 0 Å². The van der Waals surface area contributed by atoms with Crippen LogP contribution in [0, 0.1) is 0 Å². The molecular weight excluding hydrogens is 302 g/mol. The molecule has 2 fully saturated rings. The topological polar surface area (TPSA) is 63.1 Å². The Kier molecular flexibility index (Phi) is 8.29. The molecule has 0 aromatic rings. The van der Waals surface area contributed by atoms with E-state index in [0.29, 0.717) is 12.1 Å². The molecule has 1 saturated carbocycles. The zero-order valence-corrected chi connectivity index (χ0v) is 15.8. The van der Waals surface area contributed by atoms with Gasteiger partial charge in [0.1, 0.15) is 0 Å². The number of aliphatic imine (C=N–C) groups is 1. The van der Waals surface area contributed by atoms with Crippen molar-refractivity contribution in [2.75, 3.05) is 45.8 Å². The third kappa shape index (κ3) is 6.22. The molecule has 1 heterocycles. The minimum absolute atomic E-state index is 0.107. The summed E-state index contributed by atoms with van der Waals surface area (Å²) in [6.07, 6.45) is 3.74. The number of nitrogens with one attached hydrogen (secondary N) is 2. The van der Waals surface area contributed by atoms with Crippen molar-refractivity contribution in [3.05, 3.63) is 0 Å². The number of guanidine groups is 1. The Morgan fingerprint density at radius 2 is 1.79 bits per heavy atom. The Morgan fingerprint density at radius 3 is 2.38 bits per heavy atom. The average Bonchev–Trinajstić information content (AvgIpc) is 2.61. The van der Waals surface area contributed by atoms with Gasteiger partial charge in [0, 0.05) is 44.8 Å². The van der Waals surface area contributed by atoms with Gasteiger partial charge in [0.15, 0.2) is 5.96 Å². The maximum Gasteiger partial charge on any atom is 0.191 e. The van der Waals surface area contributed by atoms with Crippen molar-refractivity contribution in [1.29, 1.82) is 0 Å². The third-order valence-electron chi connectivity index (χ3n) is 5.37. The molecule has 0 aromatic heterocycles. The fourth-order valence-electron chi connectivity index (χ4n) is 3.59. The van der Waals surface area contributed by atoms with Crippen LogP contribution in [-0.2, 0) is 0 Å². The number of hydrogen-bond donors (Lipinski definition) is 3. The summed E-state index contributed by atoms with van der Waals surface area (Å²) in [7, 11) is 0. The average molecular weight is 340 g/mol. The number of rotatable bonds is 6. The van der Waals surface area contributed by atoms with Crippen LogP contribution in [-0.4, -0.2) is 84.9 Å². The third-order valence-corrected chi connectivity index (χ3v) is 5.37. The molecule has 24 heavy (non-hydrogen) atoms. The quantitative estimate of drug-likeness (QED) is 0.495. The fraction of sp³-hybridized carbons (Fsp3) is 0.944. The zero-order chi connectivity index (χ0) is 17.4. The van der Waals surface area contributed by atoms with E-state index in [1.165, 1.54) is 13.1 Å². The molecule has 6 nitrogen and oxygen atoms in total. The number of piperazine rings is 1. The summed E-state index contributed by atoms with van der Waals surface area (Å²) in [5.41, 5.74) is 0. The van der Waals surface area contributed by atoms with E-state index in [1.807, 2.05) is 0 Å². The Hall–Kier alpha value is -0.850. The molecule has 0 amide bonds. The lowest BCUT2D eigenvalue weighted by atomic mass is 9.93. The second-order valence-electron chi connectivity index (χ2n) is 7.19. The minimum atomic E-state index is -0.107. The number of nitrogens with zero attached hydrogens (tertiary/aromatic N) is 3. The van der Waals surface area contributed by atoms with Crippen LogP contribution in [0.15, 0.2) is 4.99 Å². The van der Waals surface area contributed by atoms with Gasteiger partial charge >= 0.3 is 0 Å². The highest BCUT2D eigenvalue weighted by molar-refractivity contribution is 5.80. The van der Waals surface area contributed by atoms with Gasteiger partial charge in [-0.1, -0.05) is 6.92 Å². The fourth-order valence-corrected chi connectivity index (χ4v) is 3.59. The van der Waals surface area contributed by atoms with E-state index in [2.05, 4.69) is 41.2 Å². The van der Waals surface area contributed by atoms with Gasteiger partial charge in [0.05, 0.1) is 12.6 Å². The second-order valence-corrected chi connectivity index (χ2v) is 7.19. The highest BCUT2D eigenvalue weighted by Gasteiger charge is 2.21. The predicted octanol–water partition coefficient (Wildman–Crippen LogP) is 0.871. The highest BCUT2D eigenvalue weighted by atomic mass is 16.3. The minimum Gasteiger partial charge on any atom is -0.393 e. The molecule has 0 bridgehead atoms. The van der Waals surface area contributed by atoms with Gasteiger partial charge in [-0.15, -0.1) is 0 Å². The van der Waals surface area contributed by atoms with Gasteiger partial charge < -0.3 is 20.6 Å². The van der Waals surface area contributed by atoms with Crippen LogP contribution in [0.4, 0.5) is 0 Å². The van der Waals surface area contributed by atoms with Crippen molar-refractivity contribution in [3.63, 3.8) is 0 Å². The summed E-state index contributed by atoms with van der Waals surface area (Å²) in [5.74, 6) is 0.929. The van der Waals surface area contributed by atoms with Crippen LogP contribution < -0.4 is 10.6 Å². The molecule has 2 aliphatic rings. The maximum atomic E-state index is 9.64. The molecule has 6 heteroatoms. The van der Waals surface area contributed by atoms with Crippen molar-refractivity contribution < 1.29 is 5.11 Å². The van der Waals surface area contributed by atoms with Crippen LogP contribution in [0.5, 0.6) is 0 Å². The van der Waals surface area contributed by atoms with Crippen molar-refractivity contribution in [2.24, 2.45) is 4.99 Å². The molecule has 2 rings (SSSR count). The van der Waals surface area contributed by atoms with Crippen LogP contribution in [0.2, 0.25) is 0 Å². The maximum absolute atomic E-state index is 9.64. The van der Waals surface area contributed by atoms with E-state index in [-0.39, 0.29) is 6.10 Å². The summed E-state index contributed by atoms with van der Waals surface area (Å²) >= 11 is 0. The SMILES string of the molecule is CCNC(=NCC(C)N1CCN(CC)CC1)NC1CCC(O)CC1. The lowest BCUT2D eigenvalue weighted by Gasteiger charge is -2.37. The van der Waals surface area contributed by atoms with E-state index in [1.54, 1.807) is 0 Å². The largest absolute Gasteiger partial charge is 0.393 e. The lowest BCUT2D eigenvalue weighted by molar-refractivity contribution is 0.109. The van der Waals surface area contributed by atoms with Crippen molar-refractivity contribution in [3.8, 4) is 0 Å². The lowest BCUT2D eigenvalue weighted by Crippen LogP contribution is -2.50. The summed E-state index contributed by atoms with van der Waals surface area (Å²) in [4.78, 5) is 9.88. The van der Waals surface area contributed by atoms with Gasteiger partial charge in [-0.05, 0) is 46.1 Å². The molecule has 1 atom stereocenters. The van der Waals surface area contributed by atoms with Crippen LogP contribution >= 0.6 is 0 Å². The normalized spacial score (nSPS) is 28.6. The molecule has 1 saturated heterocycles. The molecule has 0 radical (unpaired) electrons. The van der Waals surface area contributed by atoms with Gasteiger partial charge in [0.25, 0.3) is 0 Å². The Morgan fingerprint density at radius 1 is 1.12 bits per heavy atom. The molecular formula is C18H37N5O. The van der Waals surface area contributed by atoms with Gasteiger partial charge in [-0.3, -0.25) is 9.89 Å². The summed E-state index contributed by atoms with van der Waals surface area (Å²) in [6, 6.07) is 0.919. The predicted molar refractivity (Wildman–Crippen MR) is 101 cm³/mol. The number of hydrogen-bond acceptors (Lipinski definition) is 4. The summed E-state index contributed by atoms with van der Waals surface area (Å²) in [6.45, 7) is 14.1. The molecule has 0 spiro atoms. The van der Waals surface area contributed by atoms with E-state index in [0.717, 1.165) is 64.4 Å².